The number of amides is 4. The zero-order valence-corrected chi connectivity index (χ0v) is 32.3. The zero-order valence-electron chi connectivity index (χ0n) is 32.3. The smallest absolute Gasteiger partial charge is 0.328 e. The maximum absolute atomic E-state index is 13.6. The van der Waals surface area contributed by atoms with E-state index in [1.165, 1.54) is 25.0 Å². The summed E-state index contributed by atoms with van der Waals surface area (Å²) in [5.74, 6) is 1.31. The summed E-state index contributed by atoms with van der Waals surface area (Å²) in [7, 11) is 0. The molecule has 14 heteroatoms. The number of imide groups is 1. The highest BCUT2D eigenvalue weighted by atomic mass is 16.5. The minimum atomic E-state index is -0.342. The number of anilines is 2. The lowest BCUT2D eigenvalue weighted by molar-refractivity contribution is -0.120. The molecule has 0 atom stereocenters. The topological polar surface area (TPSA) is 144 Å². The second kappa shape index (κ2) is 14.6. The van der Waals surface area contributed by atoms with Crippen LogP contribution in [0.4, 0.5) is 16.3 Å². The highest BCUT2D eigenvalue weighted by molar-refractivity contribution is 6.10. The van der Waals surface area contributed by atoms with E-state index in [0.29, 0.717) is 53.7 Å². The van der Waals surface area contributed by atoms with Crippen molar-refractivity contribution in [3.8, 4) is 5.75 Å². The Morgan fingerprint density at radius 3 is 2.60 bits per heavy atom. The molecule has 14 nitrogen and oxygen atoms in total. The first-order valence-electron chi connectivity index (χ1n) is 20.6. The lowest BCUT2D eigenvalue weighted by atomic mass is 9.84. The van der Waals surface area contributed by atoms with Gasteiger partial charge in [0.2, 0.25) is 5.91 Å². The summed E-state index contributed by atoms with van der Waals surface area (Å²) in [5, 5.41) is 16.8. The van der Waals surface area contributed by atoms with Crippen molar-refractivity contribution in [2.75, 3.05) is 36.4 Å². The van der Waals surface area contributed by atoms with Crippen molar-refractivity contribution in [1.29, 1.82) is 0 Å². The van der Waals surface area contributed by atoms with Crippen LogP contribution in [0.3, 0.4) is 0 Å². The molecule has 4 amide bonds. The van der Waals surface area contributed by atoms with Gasteiger partial charge in [-0.1, -0.05) is 6.07 Å². The molecule has 10 rings (SSSR count). The Bertz CT molecular complexity index is 2500. The molecule has 2 aromatic carbocycles. The number of aryl methyl sites for hydroxylation is 1. The number of carbonyl (C=O) groups excluding carboxylic acids is 3. The number of hydrogen-bond acceptors (Lipinski definition) is 8. The molecule has 0 unspecified atom stereocenters. The van der Waals surface area contributed by atoms with E-state index >= 15 is 0 Å². The number of urea groups is 1. The van der Waals surface area contributed by atoms with Crippen LogP contribution in [0.1, 0.15) is 92.3 Å². The number of piperidine rings is 1. The molecule has 0 bridgehead atoms. The van der Waals surface area contributed by atoms with Crippen LogP contribution in [0.2, 0.25) is 0 Å². The van der Waals surface area contributed by atoms with E-state index in [9.17, 15) is 14.4 Å². The van der Waals surface area contributed by atoms with Gasteiger partial charge < -0.3 is 19.5 Å². The second-order valence-corrected chi connectivity index (χ2v) is 16.4. The molecule has 6 aromatic rings. The summed E-state index contributed by atoms with van der Waals surface area (Å²) in [6.07, 6.45) is 15.8. The fraction of sp³-hybridized carbons (Fsp3) is 0.442. The molecule has 6 heterocycles. The molecular formula is C43H48N10O4. The highest BCUT2D eigenvalue weighted by Gasteiger charge is 2.31. The van der Waals surface area contributed by atoms with Crippen LogP contribution < -0.4 is 20.3 Å². The van der Waals surface area contributed by atoms with Gasteiger partial charge in [-0.2, -0.15) is 14.7 Å². The van der Waals surface area contributed by atoms with E-state index in [0.717, 1.165) is 85.7 Å². The van der Waals surface area contributed by atoms with Crippen molar-refractivity contribution in [3.63, 3.8) is 0 Å². The summed E-state index contributed by atoms with van der Waals surface area (Å²) < 4.78 is 12.5. The maximum Gasteiger partial charge on any atom is 0.328 e. The minimum Gasteiger partial charge on any atom is -0.490 e. The van der Waals surface area contributed by atoms with Gasteiger partial charge in [-0.25, -0.2) is 9.78 Å². The van der Waals surface area contributed by atoms with Gasteiger partial charge in [-0.05, 0) is 114 Å². The molecule has 57 heavy (non-hydrogen) atoms. The third-order valence-electron chi connectivity index (χ3n) is 12.6. The van der Waals surface area contributed by atoms with Gasteiger partial charge in [0, 0.05) is 67.0 Å². The van der Waals surface area contributed by atoms with Crippen LogP contribution in [0, 0.1) is 12.8 Å². The first-order valence-corrected chi connectivity index (χ1v) is 20.6. The van der Waals surface area contributed by atoms with Gasteiger partial charge in [-0.15, -0.1) is 0 Å². The van der Waals surface area contributed by atoms with Gasteiger partial charge in [0.1, 0.15) is 5.75 Å². The number of imidazole rings is 1. The average molecular weight is 769 g/mol. The fourth-order valence-electron chi connectivity index (χ4n) is 9.34. The number of benzene rings is 2. The number of aromatic nitrogens is 6. The lowest BCUT2D eigenvalue weighted by Gasteiger charge is -2.35. The molecule has 4 aliphatic rings. The first-order chi connectivity index (χ1) is 27.8. The van der Waals surface area contributed by atoms with Crippen LogP contribution in [-0.2, 0) is 4.79 Å². The van der Waals surface area contributed by atoms with Crippen LogP contribution in [0.25, 0.3) is 27.5 Å². The Balaban J connectivity index is 0.746. The van der Waals surface area contributed by atoms with Crippen LogP contribution in [0.5, 0.6) is 5.75 Å². The molecule has 2 saturated carbocycles. The van der Waals surface area contributed by atoms with E-state index < -0.39 is 0 Å². The summed E-state index contributed by atoms with van der Waals surface area (Å²) in [6.45, 7) is 5.86. The van der Waals surface area contributed by atoms with Gasteiger partial charge in [-0.3, -0.25) is 24.5 Å². The van der Waals surface area contributed by atoms with Gasteiger partial charge >= 0.3 is 6.03 Å². The van der Waals surface area contributed by atoms with Crippen LogP contribution in [0.15, 0.2) is 67.1 Å². The number of hydrogen-bond donors (Lipinski definition) is 2. The van der Waals surface area contributed by atoms with Crippen molar-refractivity contribution in [2.45, 2.75) is 89.3 Å². The number of carbonyl (C=O) groups is 3. The maximum atomic E-state index is 13.6. The SMILES string of the molecule is Cc1cc2c(N3CCC(=O)NC3=O)cccc2n1C1CCN(CCC2CCC(n3cc4cc(C(=O)Nc5cnc6cccnn56)c(OC5CC5)cc4n3)CC2)CC1. The number of likely N-dealkylation sites (tertiary alicyclic amines) is 1. The van der Waals surface area contributed by atoms with Gasteiger partial charge in [0.25, 0.3) is 5.91 Å². The van der Waals surface area contributed by atoms with Gasteiger partial charge in [0.05, 0.1) is 40.6 Å². The molecule has 2 aliphatic heterocycles. The molecule has 2 saturated heterocycles. The molecule has 0 radical (unpaired) electrons. The van der Waals surface area contributed by atoms with E-state index in [4.69, 9.17) is 9.84 Å². The van der Waals surface area contributed by atoms with Crippen LogP contribution in [-0.4, -0.2) is 84.0 Å². The van der Waals surface area contributed by atoms with Crippen LogP contribution >= 0.6 is 0 Å². The minimum absolute atomic E-state index is 0.139. The van der Waals surface area contributed by atoms with Crippen molar-refractivity contribution in [1.82, 2.24) is 39.2 Å². The standard InChI is InChI=1S/C43H48N10O4/c1-27-22-33-36(50-21-16-41(54)47-43(50)56)4-2-5-37(33)52(27)31-14-19-49(20-15-31)18-13-28-7-9-30(10-8-28)51-26-29-23-34(38(24-35(29)48-51)57-32-11-12-32)42(55)46-40-25-44-39-6-3-17-45-53(39)40/h2-6,17,22-26,28,30-32H,7-16,18-21H2,1H3,(H,46,55)(H,47,54,56). The first kappa shape index (κ1) is 35.6. The summed E-state index contributed by atoms with van der Waals surface area (Å²) >= 11 is 0. The third kappa shape index (κ3) is 7.00. The Kier molecular flexibility index (Phi) is 9.15. The fourth-order valence-corrected chi connectivity index (χ4v) is 9.34. The highest BCUT2D eigenvalue weighted by Crippen LogP contribution is 2.38. The van der Waals surface area contributed by atoms with Gasteiger partial charge in [0.15, 0.2) is 11.5 Å². The molecule has 4 fully saturated rings. The summed E-state index contributed by atoms with van der Waals surface area (Å²) in [6, 6.07) is 16.3. The lowest BCUT2D eigenvalue weighted by Crippen LogP contribution is -2.49. The summed E-state index contributed by atoms with van der Waals surface area (Å²) in [4.78, 5) is 46.8. The molecule has 2 N–H and O–H groups in total. The Morgan fingerprint density at radius 1 is 0.947 bits per heavy atom. The molecule has 0 spiro atoms. The second-order valence-electron chi connectivity index (χ2n) is 16.4. The Labute approximate surface area is 330 Å². The van der Waals surface area contributed by atoms with E-state index in [1.807, 2.05) is 36.4 Å². The number of nitrogens with one attached hydrogen (secondary N) is 2. The van der Waals surface area contributed by atoms with E-state index in [2.05, 4.69) is 60.1 Å². The van der Waals surface area contributed by atoms with Crippen molar-refractivity contribution in [3.05, 3.63) is 78.4 Å². The number of rotatable bonds is 10. The average Bonchev–Trinajstić information content (AvgIpc) is 3.63. The molecule has 4 aromatic heterocycles. The molecule has 294 valence electrons. The number of ether oxygens (including phenoxy) is 1. The quantitative estimate of drug-likeness (QED) is 0.151. The summed E-state index contributed by atoms with van der Waals surface area (Å²) in [5.41, 5.74) is 5.23. The van der Waals surface area contributed by atoms with Crippen molar-refractivity contribution in [2.24, 2.45) is 5.92 Å². The third-order valence-corrected chi connectivity index (χ3v) is 12.6. The predicted molar refractivity (Wildman–Crippen MR) is 217 cm³/mol. The van der Waals surface area contributed by atoms with E-state index in [1.54, 1.807) is 21.8 Å². The normalized spacial score (nSPS) is 21.1. The predicted octanol–water partition coefficient (Wildman–Crippen LogP) is 7.04. The Morgan fingerprint density at radius 2 is 1.79 bits per heavy atom. The Hall–Kier alpha value is -5.76. The zero-order chi connectivity index (χ0) is 38.6. The number of fused-ring (bicyclic) bond motifs is 3. The molecule has 2 aliphatic carbocycles. The number of nitrogens with zero attached hydrogens (tertiary/aromatic N) is 8. The monoisotopic (exact) mass is 768 g/mol. The largest absolute Gasteiger partial charge is 0.490 e. The van der Waals surface area contributed by atoms with Crippen molar-refractivity contribution < 1.29 is 19.1 Å². The van der Waals surface area contributed by atoms with E-state index in [-0.39, 0.29) is 23.9 Å². The van der Waals surface area contributed by atoms with Crippen molar-refractivity contribution >= 4 is 56.8 Å². The molecular weight excluding hydrogens is 721 g/mol.